The molecule has 0 radical (unpaired) electrons. The van der Waals surface area contributed by atoms with Crippen molar-refractivity contribution < 1.29 is 0 Å². The van der Waals surface area contributed by atoms with Crippen LogP contribution in [0.25, 0.3) is 109 Å². The third-order valence-electron chi connectivity index (χ3n) is 11.4. The SMILES string of the molecule is c1cc(-c2ccc3ccccc3c2)cc(-c2ccc3c(c2)c2ccccc2c2cc(-c4cccc(-c5ccc6ccccc6c5)c4)c4ccccc4c32)c1. The minimum absolute atomic E-state index is 1.22. The Labute approximate surface area is 314 Å². The summed E-state index contributed by atoms with van der Waals surface area (Å²) in [4.78, 5) is 0. The Balaban J connectivity index is 1.09. The molecule has 0 heteroatoms. The smallest absolute Gasteiger partial charge is 0.00199 e. The minimum Gasteiger partial charge on any atom is -0.0616 e. The normalized spacial score (nSPS) is 11.7. The summed E-state index contributed by atoms with van der Waals surface area (Å²) in [6.07, 6.45) is 0. The highest BCUT2D eigenvalue weighted by Gasteiger charge is 2.16. The van der Waals surface area contributed by atoms with Crippen LogP contribution in [0.1, 0.15) is 0 Å². The van der Waals surface area contributed by atoms with Gasteiger partial charge in [-0.25, -0.2) is 0 Å². The van der Waals surface area contributed by atoms with Gasteiger partial charge in [0.05, 0.1) is 0 Å². The zero-order chi connectivity index (χ0) is 35.6. The van der Waals surface area contributed by atoms with Gasteiger partial charge in [-0.3, -0.25) is 0 Å². The van der Waals surface area contributed by atoms with Gasteiger partial charge in [-0.2, -0.15) is 0 Å². The first-order valence-corrected chi connectivity index (χ1v) is 18.7. The first-order valence-electron chi connectivity index (χ1n) is 18.7. The van der Waals surface area contributed by atoms with Gasteiger partial charge < -0.3 is 0 Å². The van der Waals surface area contributed by atoms with Crippen LogP contribution >= 0.6 is 0 Å². The molecule has 0 nitrogen and oxygen atoms in total. The number of hydrogen-bond donors (Lipinski definition) is 0. The number of rotatable bonds is 4. The van der Waals surface area contributed by atoms with Crippen molar-refractivity contribution in [2.75, 3.05) is 0 Å². The van der Waals surface area contributed by atoms with Crippen LogP contribution in [0.3, 0.4) is 0 Å². The molecule has 0 saturated heterocycles. The summed E-state index contributed by atoms with van der Waals surface area (Å²) in [6.45, 7) is 0. The van der Waals surface area contributed by atoms with Crippen LogP contribution in [0.2, 0.25) is 0 Å². The summed E-state index contributed by atoms with van der Waals surface area (Å²) >= 11 is 0. The molecule has 0 aliphatic heterocycles. The molecule has 54 heavy (non-hydrogen) atoms. The lowest BCUT2D eigenvalue weighted by molar-refractivity contribution is 1.62. The molecule has 0 atom stereocenters. The lowest BCUT2D eigenvalue weighted by atomic mass is 9.86. The van der Waals surface area contributed by atoms with E-state index < -0.39 is 0 Å². The maximum absolute atomic E-state index is 2.44. The van der Waals surface area contributed by atoms with E-state index >= 15 is 0 Å². The van der Waals surface area contributed by atoms with E-state index in [0.29, 0.717) is 0 Å². The van der Waals surface area contributed by atoms with Crippen molar-refractivity contribution >= 4 is 64.6 Å². The molecule has 0 fully saturated rings. The molecule has 0 aromatic heterocycles. The number of benzene rings is 11. The topological polar surface area (TPSA) is 0 Å². The van der Waals surface area contributed by atoms with Gasteiger partial charge in [0.15, 0.2) is 0 Å². The first kappa shape index (κ1) is 30.6. The van der Waals surface area contributed by atoms with Crippen LogP contribution in [-0.2, 0) is 0 Å². The summed E-state index contributed by atoms with van der Waals surface area (Å²) in [6, 6.07) is 76.2. The third-order valence-corrected chi connectivity index (χ3v) is 11.4. The second-order valence-electron chi connectivity index (χ2n) is 14.5. The van der Waals surface area contributed by atoms with Crippen molar-refractivity contribution in [1.82, 2.24) is 0 Å². The van der Waals surface area contributed by atoms with Gasteiger partial charge in [-0.1, -0.05) is 170 Å². The summed E-state index contributed by atoms with van der Waals surface area (Å²) in [5, 5.41) is 15.3. The fourth-order valence-electron chi connectivity index (χ4n) is 8.72. The van der Waals surface area contributed by atoms with Crippen molar-refractivity contribution in [2.24, 2.45) is 0 Å². The largest absolute Gasteiger partial charge is 0.0616 e. The lowest BCUT2D eigenvalue weighted by Crippen LogP contribution is -1.90. The Hall–Kier alpha value is -7.02. The maximum atomic E-state index is 2.44. The predicted octanol–water partition coefficient (Wildman–Crippen LogP) is 15.3. The Morgan fingerprint density at radius 2 is 0.611 bits per heavy atom. The summed E-state index contributed by atoms with van der Waals surface area (Å²) in [5.41, 5.74) is 9.85. The predicted molar refractivity (Wildman–Crippen MR) is 233 cm³/mol. The van der Waals surface area contributed by atoms with Gasteiger partial charge in [0.2, 0.25) is 0 Å². The van der Waals surface area contributed by atoms with Gasteiger partial charge in [-0.15, -0.1) is 0 Å². The first-order chi connectivity index (χ1) is 26.7. The van der Waals surface area contributed by atoms with Gasteiger partial charge in [0.25, 0.3) is 0 Å². The Morgan fingerprint density at radius 3 is 1.24 bits per heavy atom. The fraction of sp³-hybridized carbons (Fsp3) is 0. The maximum Gasteiger partial charge on any atom is -0.00199 e. The van der Waals surface area contributed by atoms with E-state index in [-0.39, 0.29) is 0 Å². The van der Waals surface area contributed by atoms with E-state index in [2.05, 4.69) is 206 Å². The van der Waals surface area contributed by atoms with Crippen LogP contribution < -0.4 is 0 Å². The van der Waals surface area contributed by atoms with E-state index in [4.69, 9.17) is 0 Å². The summed E-state index contributed by atoms with van der Waals surface area (Å²) < 4.78 is 0. The van der Waals surface area contributed by atoms with E-state index in [0.717, 1.165) is 0 Å². The van der Waals surface area contributed by atoms with Gasteiger partial charge in [0.1, 0.15) is 0 Å². The molecule has 11 aromatic carbocycles. The van der Waals surface area contributed by atoms with Crippen LogP contribution in [0.4, 0.5) is 0 Å². The van der Waals surface area contributed by atoms with Crippen molar-refractivity contribution in [3.63, 3.8) is 0 Å². The second kappa shape index (κ2) is 12.3. The molecule has 0 bridgehead atoms. The molecule has 0 aliphatic carbocycles. The molecule has 11 rings (SSSR count). The average molecular weight is 683 g/mol. The molecule has 0 saturated carbocycles. The molecule has 0 aliphatic rings. The number of hydrogen-bond acceptors (Lipinski definition) is 0. The average Bonchev–Trinajstić information content (AvgIpc) is 3.25. The van der Waals surface area contributed by atoms with Gasteiger partial charge in [-0.05, 0) is 146 Å². The molecule has 250 valence electrons. The van der Waals surface area contributed by atoms with Gasteiger partial charge in [0, 0.05) is 0 Å². The molecule has 0 spiro atoms. The van der Waals surface area contributed by atoms with E-state index in [1.54, 1.807) is 0 Å². The third kappa shape index (κ3) is 4.99. The van der Waals surface area contributed by atoms with Gasteiger partial charge >= 0.3 is 0 Å². The van der Waals surface area contributed by atoms with E-state index in [1.165, 1.54) is 109 Å². The highest BCUT2D eigenvalue weighted by Crippen LogP contribution is 2.44. The summed E-state index contributed by atoms with van der Waals surface area (Å²) in [5.74, 6) is 0. The van der Waals surface area contributed by atoms with E-state index in [9.17, 15) is 0 Å². The lowest BCUT2D eigenvalue weighted by Gasteiger charge is -2.17. The standard InChI is InChI=1S/C54H34/c1-3-13-37-29-42(25-23-35(37)11-1)39-15-9-16-40(31-39)44-27-28-50-52(33-44)46-19-5-6-20-47(46)53-34-51(48-21-7-8-22-49(48)54(50)53)45-18-10-17-41(32-45)43-26-24-36-12-2-4-14-38(36)30-43/h1-34H. The highest BCUT2D eigenvalue weighted by molar-refractivity contribution is 6.33. The van der Waals surface area contributed by atoms with Crippen LogP contribution in [0.5, 0.6) is 0 Å². The highest BCUT2D eigenvalue weighted by atomic mass is 14.2. The van der Waals surface area contributed by atoms with E-state index in [1.807, 2.05) is 0 Å². The molecule has 0 unspecified atom stereocenters. The van der Waals surface area contributed by atoms with Crippen LogP contribution in [-0.4, -0.2) is 0 Å². The van der Waals surface area contributed by atoms with Crippen LogP contribution in [0.15, 0.2) is 206 Å². The summed E-state index contributed by atoms with van der Waals surface area (Å²) in [7, 11) is 0. The molecule has 0 amide bonds. The number of fused-ring (bicyclic) bond motifs is 10. The zero-order valence-electron chi connectivity index (χ0n) is 29.6. The molecule has 0 N–H and O–H groups in total. The van der Waals surface area contributed by atoms with Crippen molar-refractivity contribution in [1.29, 1.82) is 0 Å². The Morgan fingerprint density at radius 1 is 0.185 bits per heavy atom. The minimum atomic E-state index is 1.22. The molecular weight excluding hydrogens is 649 g/mol. The van der Waals surface area contributed by atoms with Crippen molar-refractivity contribution in [3.05, 3.63) is 206 Å². The van der Waals surface area contributed by atoms with Crippen LogP contribution in [0, 0.1) is 0 Å². The zero-order valence-corrected chi connectivity index (χ0v) is 29.6. The molecular formula is C54H34. The molecule has 0 heterocycles. The Kier molecular flexibility index (Phi) is 6.97. The van der Waals surface area contributed by atoms with Crippen molar-refractivity contribution in [3.8, 4) is 44.5 Å². The quantitative estimate of drug-likeness (QED) is 0.162. The fourth-order valence-corrected chi connectivity index (χ4v) is 8.72. The molecule has 11 aromatic rings. The second-order valence-corrected chi connectivity index (χ2v) is 14.5. The Bertz CT molecular complexity index is 3270. The monoisotopic (exact) mass is 682 g/mol. The van der Waals surface area contributed by atoms with Crippen molar-refractivity contribution in [2.45, 2.75) is 0 Å².